The Hall–Kier alpha value is -2.36. The molecule has 0 heterocycles. The molecule has 0 unspecified atom stereocenters. The second kappa shape index (κ2) is 9.06. The van der Waals surface area contributed by atoms with Crippen molar-refractivity contribution in [1.29, 1.82) is 0 Å². The molecule has 0 spiro atoms. The molecule has 128 valence electrons. The van der Waals surface area contributed by atoms with Crippen molar-refractivity contribution in [2.75, 3.05) is 23.3 Å². The molecule has 0 saturated carbocycles. The van der Waals surface area contributed by atoms with E-state index < -0.39 is 0 Å². The predicted molar refractivity (Wildman–Crippen MR) is 98.0 cm³/mol. The highest BCUT2D eigenvalue weighted by atomic mass is 19.1. The van der Waals surface area contributed by atoms with Crippen molar-refractivity contribution in [1.82, 2.24) is 0 Å². The van der Waals surface area contributed by atoms with Crippen molar-refractivity contribution in [3.8, 4) is 0 Å². The molecule has 2 aromatic rings. The minimum atomic E-state index is -0.293. The molecule has 1 amide bonds. The topological polar surface area (TPSA) is 32.3 Å². The van der Waals surface area contributed by atoms with Crippen LogP contribution in [0.15, 0.2) is 48.5 Å². The number of anilines is 2. The second-order valence-corrected chi connectivity index (χ2v) is 5.89. The normalized spacial score (nSPS) is 10.5. The van der Waals surface area contributed by atoms with Crippen molar-refractivity contribution in [3.63, 3.8) is 0 Å². The first-order valence-corrected chi connectivity index (χ1v) is 8.51. The van der Waals surface area contributed by atoms with Crippen molar-refractivity contribution in [2.24, 2.45) is 0 Å². The zero-order valence-corrected chi connectivity index (χ0v) is 14.4. The molecule has 0 bridgehead atoms. The van der Waals surface area contributed by atoms with Crippen LogP contribution in [0.4, 0.5) is 15.8 Å². The first-order valence-electron chi connectivity index (χ1n) is 8.51. The van der Waals surface area contributed by atoms with E-state index in [4.69, 9.17) is 0 Å². The molecule has 0 aliphatic rings. The summed E-state index contributed by atoms with van der Waals surface area (Å²) < 4.78 is 12.9. The number of hydrogen-bond donors (Lipinski definition) is 1. The van der Waals surface area contributed by atoms with Gasteiger partial charge in [-0.05, 0) is 54.8 Å². The van der Waals surface area contributed by atoms with Crippen molar-refractivity contribution in [2.45, 2.75) is 33.1 Å². The van der Waals surface area contributed by atoms with Crippen LogP contribution < -0.4 is 10.2 Å². The van der Waals surface area contributed by atoms with Gasteiger partial charge in [0.1, 0.15) is 5.82 Å². The number of halogens is 1. The lowest BCUT2D eigenvalue weighted by molar-refractivity contribution is -0.115. The average Bonchev–Trinajstić information content (AvgIpc) is 2.57. The van der Waals surface area contributed by atoms with Gasteiger partial charge in [0.15, 0.2) is 0 Å². The molecule has 24 heavy (non-hydrogen) atoms. The summed E-state index contributed by atoms with van der Waals surface area (Å²) in [6.07, 6.45) is 2.45. The zero-order valence-electron chi connectivity index (χ0n) is 14.4. The number of hydrogen-bond acceptors (Lipinski definition) is 2. The van der Waals surface area contributed by atoms with E-state index in [0.717, 1.165) is 37.2 Å². The van der Waals surface area contributed by atoms with Gasteiger partial charge in [0.25, 0.3) is 0 Å². The molecule has 4 heteroatoms. The summed E-state index contributed by atoms with van der Waals surface area (Å²) in [5, 5.41) is 2.88. The minimum Gasteiger partial charge on any atom is -0.372 e. The Kier molecular flexibility index (Phi) is 6.79. The van der Waals surface area contributed by atoms with Crippen LogP contribution in [0.2, 0.25) is 0 Å². The number of nitrogens with one attached hydrogen (secondary N) is 1. The lowest BCUT2D eigenvalue weighted by Crippen LogP contribution is -2.24. The van der Waals surface area contributed by atoms with E-state index in [2.05, 4.69) is 24.1 Å². The van der Waals surface area contributed by atoms with Crippen LogP contribution in [0.25, 0.3) is 0 Å². The maximum atomic E-state index is 12.9. The third kappa shape index (κ3) is 5.37. The summed E-state index contributed by atoms with van der Waals surface area (Å²) in [7, 11) is 0. The Bertz CT molecular complexity index is 632. The average molecular weight is 328 g/mol. The summed E-state index contributed by atoms with van der Waals surface area (Å²) in [5.74, 6) is -0.396. The molecular formula is C20H25FN2O. The van der Waals surface area contributed by atoms with Gasteiger partial charge in [-0.3, -0.25) is 4.79 Å². The molecule has 0 radical (unpaired) electrons. The highest BCUT2D eigenvalue weighted by Crippen LogP contribution is 2.19. The molecule has 3 nitrogen and oxygen atoms in total. The Morgan fingerprint density at radius 2 is 1.54 bits per heavy atom. The van der Waals surface area contributed by atoms with Gasteiger partial charge in [0.05, 0.1) is 6.42 Å². The number of nitrogens with zero attached hydrogens (tertiary/aromatic N) is 1. The van der Waals surface area contributed by atoms with E-state index >= 15 is 0 Å². The predicted octanol–water partition coefficient (Wildman–Crippen LogP) is 4.63. The molecule has 1 N–H and O–H groups in total. The summed E-state index contributed by atoms with van der Waals surface area (Å²) in [5.41, 5.74) is 2.75. The number of amides is 1. The monoisotopic (exact) mass is 328 g/mol. The second-order valence-electron chi connectivity index (χ2n) is 5.89. The first-order chi connectivity index (χ1) is 11.6. The highest BCUT2D eigenvalue weighted by molar-refractivity contribution is 5.92. The maximum Gasteiger partial charge on any atom is 0.228 e. The van der Waals surface area contributed by atoms with E-state index in [1.54, 1.807) is 12.1 Å². The fraction of sp³-hybridized carbons (Fsp3) is 0.350. The molecule has 2 rings (SSSR count). The molecule has 0 fully saturated rings. The Balaban J connectivity index is 1.95. The lowest BCUT2D eigenvalue weighted by Gasteiger charge is -2.24. The fourth-order valence-electron chi connectivity index (χ4n) is 2.66. The standard InChI is InChI=1S/C20H25FN2O/c1-3-13-23(14-4-2)19-11-9-18(10-12-19)22-20(24)15-16-5-7-17(21)8-6-16/h5-12H,3-4,13-15H2,1-2H3,(H,22,24). The van der Waals surface area contributed by atoms with E-state index in [-0.39, 0.29) is 18.1 Å². The van der Waals surface area contributed by atoms with Crippen LogP contribution in [0.5, 0.6) is 0 Å². The summed E-state index contributed by atoms with van der Waals surface area (Å²) >= 11 is 0. The van der Waals surface area contributed by atoms with Gasteiger partial charge in [0, 0.05) is 24.5 Å². The van der Waals surface area contributed by atoms with Gasteiger partial charge in [0.2, 0.25) is 5.91 Å². The van der Waals surface area contributed by atoms with Crippen molar-refractivity contribution >= 4 is 17.3 Å². The van der Waals surface area contributed by atoms with Crippen LogP contribution >= 0.6 is 0 Å². The molecule has 0 atom stereocenters. The maximum absolute atomic E-state index is 12.9. The summed E-state index contributed by atoms with van der Waals surface area (Å²) in [6, 6.07) is 13.9. The molecule has 0 aliphatic carbocycles. The number of carbonyl (C=O) groups is 1. The van der Waals surface area contributed by atoms with Crippen LogP contribution in [0, 0.1) is 5.82 Å². The van der Waals surface area contributed by atoms with Crippen LogP contribution in [-0.2, 0) is 11.2 Å². The number of carbonyl (C=O) groups excluding carboxylic acids is 1. The van der Waals surface area contributed by atoms with Crippen LogP contribution in [0.3, 0.4) is 0 Å². The van der Waals surface area contributed by atoms with Gasteiger partial charge in [-0.25, -0.2) is 4.39 Å². The first kappa shape index (κ1) is 18.0. The van der Waals surface area contributed by atoms with Crippen molar-refractivity contribution in [3.05, 3.63) is 59.9 Å². The third-order valence-electron chi connectivity index (χ3n) is 3.78. The van der Waals surface area contributed by atoms with E-state index in [1.165, 1.54) is 17.8 Å². The summed E-state index contributed by atoms with van der Waals surface area (Å²) in [4.78, 5) is 14.4. The van der Waals surface area contributed by atoms with E-state index in [0.29, 0.717) is 0 Å². The molecule has 2 aromatic carbocycles. The zero-order chi connectivity index (χ0) is 17.4. The van der Waals surface area contributed by atoms with Crippen LogP contribution in [-0.4, -0.2) is 19.0 Å². The molecule has 0 saturated heterocycles. The smallest absolute Gasteiger partial charge is 0.228 e. The largest absolute Gasteiger partial charge is 0.372 e. The number of rotatable bonds is 8. The Morgan fingerprint density at radius 3 is 2.08 bits per heavy atom. The minimum absolute atomic E-state index is 0.103. The highest BCUT2D eigenvalue weighted by Gasteiger charge is 2.07. The molecule has 0 aromatic heterocycles. The van der Waals surface area contributed by atoms with Gasteiger partial charge >= 0.3 is 0 Å². The Morgan fingerprint density at radius 1 is 0.958 bits per heavy atom. The molecular weight excluding hydrogens is 303 g/mol. The molecule has 0 aliphatic heterocycles. The number of benzene rings is 2. The SMILES string of the molecule is CCCN(CCC)c1ccc(NC(=O)Cc2ccc(F)cc2)cc1. The van der Waals surface area contributed by atoms with E-state index in [9.17, 15) is 9.18 Å². The quantitative estimate of drug-likeness (QED) is 0.766. The van der Waals surface area contributed by atoms with Crippen molar-refractivity contribution < 1.29 is 9.18 Å². The van der Waals surface area contributed by atoms with E-state index in [1.807, 2.05) is 24.3 Å². The third-order valence-corrected chi connectivity index (χ3v) is 3.78. The summed E-state index contributed by atoms with van der Waals surface area (Å²) in [6.45, 7) is 6.41. The van der Waals surface area contributed by atoms with Gasteiger partial charge in [-0.2, -0.15) is 0 Å². The van der Waals surface area contributed by atoms with Crippen LogP contribution in [0.1, 0.15) is 32.3 Å². The van der Waals surface area contributed by atoms with Gasteiger partial charge in [-0.15, -0.1) is 0 Å². The lowest BCUT2D eigenvalue weighted by atomic mass is 10.1. The fourth-order valence-corrected chi connectivity index (χ4v) is 2.66. The van der Waals surface area contributed by atoms with Gasteiger partial charge in [-0.1, -0.05) is 26.0 Å². The van der Waals surface area contributed by atoms with Gasteiger partial charge < -0.3 is 10.2 Å². The Labute approximate surface area is 143 Å².